The number of allylic oxidation sites excluding steroid dienone is 3. The van der Waals surface area contributed by atoms with Gasteiger partial charge in [0.2, 0.25) is 5.88 Å². The van der Waals surface area contributed by atoms with Gasteiger partial charge in [-0.1, -0.05) is 44.2 Å². The minimum Gasteiger partial charge on any atom is -0.444 e. The van der Waals surface area contributed by atoms with Crippen LogP contribution in [0.25, 0.3) is 11.3 Å². The van der Waals surface area contributed by atoms with E-state index in [1.54, 1.807) is 4.68 Å². The van der Waals surface area contributed by atoms with Crippen molar-refractivity contribution in [1.29, 1.82) is 5.26 Å². The van der Waals surface area contributed by atoms with E-state index in [4.69, 9.17) is 10.5 Å². The van der Waals surface area contributed by atoms with Crippen LogP contribution in [0.2, 0.25) is 0 Å². The fourth-order valence-electron chi connectivity index (χ4n) is 4.09. The molecule has 1 aliphatic heterocycles. The molecule has 142 valence electrons. The minimum absolute atomic E-state index is 0.0107. The van der Waals surface area contributed by atoms with Crippen LogP contribution in [-0.2, 0) is 16.6 Å². The second-order valence-corrected chi connectivity index (χ2v) is 8.15. The average molecular weight is 374 g/mol. The van der Waals surface area contributed by atoms with E-state index in [0.717, 1.165) is 11.3 Å². The van der Waals surface area contributed by atoms with E-state index in [2.05, 4.69) is 11.2 Å². The molecule has 6 nitrogen and oxygen atoms in total. The van der Waals surface area contributed by atoms with Crippen LogP contribution in [0.1, 0.15) is 38.3 Å². The zero-order chi connectivity index (χ0) is 20.1. The van der Waals surface area contributed by atoms with Crippen molar-refractivity contribution in [1.82, 2.24) is 9.78 Å². The molecule has 1 atom stereocenters. The van der Waals surface area contributed by atoms with Gasteiger partial charge in [0.05, 0.1) is 17.3 Å². The van der Waals surface area contributed by atoms with Crippen molar-refractivity contribution in [2.24, 2.45) is 18.2 Å². The normalized spacial score (nSPS) is 21.2. The Morgan fingerprint density at radius 1 is 1.29 bits per heavy atom. The van der Waals surface area contributed by atoms with Gasteiger partial charge in [-0.05, 0) is 17.0 Å². The van der Waals surface area contributed by atoms with E-state index in [1.165, 1.54) is 0 Å². The molecular formula is C22H22N4O2. The summed E-state index contributed by atoms with van der Waals surface area (Å²) in [4.78, 5) is 13.0. The third-order valence-electron chi connectivity index (χ3n) is 5.34. The van der Waals surface area contributed by atoms with Crippen LogP contribution in [0, 0.1) is 16.7 Å². The highest BCUT2D eigenvalue weighted by Crippen LogP contribution is 2.47. The average Bonchev–Trinajstić information content (AvgIpc) is 3.01. The summed E-state index contributed by atoms with van der Waals surface area (Å²) in [5.74, 6) is 0.0164. The molecule has 2 aromatic rings. The van der Waals surface area contributed by atoms with Crippen molar-refractivity contribution in [3.63, 3.8) is 0 Å². The number of aryl methyl sites for hydroxylation is 1. The van der Waals surface area contributed by atoms with Crippen molar-refractivity contribution in [3.8, 4) is 17.3 Å². The van der Waals surface area contributed by atoms with E-state index in [1.807, 2.05) is 57.3 Å². The van der Waals surface area contributed by atoms with E-state index < -0.39 is 5.92 Å². The first-order valence-electron chi connectivity index (χ1n) is 9.24. The first kappa shape index (κ1) is 18.1. The molecule has 4 rings (SSSR count). The molecule has 1 aliphatic carbocycles. The number of aromatic nitrogens is 2. The molecule has 0 fully saturated rings. The lowest BCUT2D eigenvalue weighted by atomic mass is 9.71. The van der Waals surface area contributed by atoms with Gasteiger partial charge < -0.3 is 10.5 Å². The molecular weight excluding hydrogens is 352 g/mol. The van der Waals surface area contributed by atoms with Gasteiger partial charge in [0.15, 0.2) is 5.78 Å². The Morgan fingerprint density at radius 2 is 2.00 bits per heavy atom. The van der Waals surface area contributed by atoms with Crippen LogP contribution in [-0.4, -0.2) is 15.6 Å². The van der Waals surface area contributed by atoms with Gasteiger partial charge in [-0.15, -0.1) is 0 Å². The monoisotopic (exact) mass is 374 g/mol. The van der Waals surface area contributed by atoms with E-state index in [0.29, 0.717) is 29.9 Å². The number of hydrogen-bond acceptors (Lipinski definition) is 5. The van der Waals surface area contributed by atoms with Crippen molar-refractivity contribution in [3.05, 3.63) is 64.9 Å². The number of Topliss-reactive ketones (excluding diaryl/α,β-unsaturated/α-hetero) is 1. The largest absolute Gasteiger partial charge is 0.444 e. The SMILES string of the molecule is Cn1nc([C@H]2C(C#N)=C(N)OC3=C2C(=O)CC(C)(C)C3)cc1-c1ccccc1. The standard InChI is InChI=1S/C22H22N4O2/c1-22(2)10-17(27)20-18(11-22)28-21(24)14(12-23)19(20)15-9-16(26(3)25-15)13-7-5-4-6-8-13/h4-9,19H,10-11,24H2,1-3H3/t19-/m1/s1. The summed E-state index contributed by atoms with van der Waals surface area (Å²) in [6.07, 6.45) is 1.01. The quantitative estimate of drug-likeness (QED) is 0.868. The van der Waals surface area contributed by atoms with Gasteiger partial charge in [-0.3, -0.25) is 9.48 Å². The lowest BCUT2D eigenvalue weighted by Crippen LogP contribution is -2.33. The zero-order valence-electron chi connectivity index (χ0n) is 16.2. The number of ketones is 1. The van der Waals surface area contributed by atoms with Gasteiger partial charge in [0.1, 0.15) is 17.4 Å². The van der Waals surface area contributed by atoms with Crippen molar-refractivity contribution in [2.75, 3.05) is 0 Å². The first-order chi connectivity index (χ1) is 13.3. The maximum atomic E-state index is 13.0. The highest BCUT2D eigenvalue weighted by molar-refractivity contribution is 6.00. The summed E-state index contributed by atoms with van der Waals surface area (Å²) in [7, 11) is 1.85. The molecule has 0 unspecified atom stereocenters. The third-order valence-corrected chi connectivity index (χ3v) is 5.34. The fraction of sp³-hybridized carbons (Fsp3) is 0.318. The lowest BCUT2D eigenvalue weighted by molar-refractivity contribution is -0.119. The number of nitrogens with zero attached hydrogens (tertiary/aromatic N) is 3. The number of carbonyl (C=O) groups excluding carboxylic acids is 1. The van der Waals surface area contributed by atoms with Crippen LogP contribution in [0.5, 0.6) is 0 Å². The molecule has 0 saturated carbocycles. The van der Waals surface area contributed by atoms with Gasteiger partial charge in [-0.2, -0.15) is 10.4 Å². The maximum absolute atomic E-state index is 13.0. The van der Waals surface area contributed by atoms with Crippen LogP contribution in [0.3, 0.4) is 0 Å². The second-order valence-electron chi connectivity index (χ2n) is 8.15. The summed E-state index contributed by atoms with van der Waals surface area (Å²) in [5, 5.41) is 14.4. The minimum atomic E-state index is -0.596. The molecule has 2 aliphatic rings. The van der Waals surface area contributed by atoms with Crippen molar-refractivity contribution in [2.45, 2.75) is 32.6 Å². The van der Waals surface area contributed by atoms with E-state index in [-0.39, 0.29) is 22.7 Å². The molecule has 6 heteroatoms. The van der Waals surface area contributed by atoms with Crippen LogP contribution < -0.4 is 5.73 Å². The molecule has 0 saturated heterocycles. The topological polar surface area (TPSA) is 93.9 Å². The number of ether oxygens (including phenoxy) is 1. The first-order valence-corrected chi connectivity index (χ1v) is 9.24. The number of benzene rings is 1. The van der Waals surface area contributed by atoms with Gasteiger partial charge in [-0.25, -0.2) is 0 Å². The molecule has 0 spiro atoms. The Hall–Kier alpha value is -3.33. The Labute approximate surface area is 163 Å². The summed E-state index contributed by atoms with van der Waals surface area (Å²) in [5.41, 5.74) is 9.17. The maximum Gasteiger partial charge on any atom is 0.205 e. The summed E-state index contributed by atoms with van der Waals surface area (Å²) < 4.78 is 7.50. The summed E-state index contributed by atoms with van der Waals surface area (Å²) >= 11 is 0. The molecule has 0 bridgehead atoms. The van der Waals surface area contributed by atoms with Crippen LogP contribution >= 0.6 is 0 Å². The molecule has 1 aromatic heterocycles. The Kier molecular flexibility index (Phi) is 4.11. The number of rotatable bonds is 2. The van der Waals surface area contributed by atoms with Gasteiger partial charge in [0.25, 0.3) is 0 Å². The highest BCUT2D eigenvalue weighted by atomic mass is 16.5. The predicted octanol–water partition coefficient (Wildman–Crippen LogP) is 3.54. The van der Waals surface area contributed by atoms with Gasteiger partial charge in [0, 0.05) is 25.5 Å². The Bertz CT molecular complexity index is 1070. The molecule has 0 radical (unpaired) electrons. The second kappa shape index (κ2) is 6.38. The molecule has 2 N–H and O–H groups in total. The summed E-state index contributed by atoms with van der Waals surface area (Å²) in [6, 6.07) is 13.9. The van der Waals surface area contributed by atoms with E-state index in [9.17, 15) is 10.1 Å². The van der Waals surface area contributed by atoms with Gasteiger partial charge >= 0.3 is 0 Å². The van der Waals surface area contributed by atoms with Crippen molar-refractivity contribution >= 4 is 5.78 Å². The number of hydrogen-bond donors (Lipinski definition) is 1. The molecule has 1 aromatic carbocycles. The summed E-state index contributed by atoms with van der Waals surface area (Å²) in [6.45, 7) is 4.06. The zero-order valence-corrected chi connectivity index (χ0v) is 16.2. The van der Waals surface area contributed by atoms with Crippen LogP contribution in [0.15, 0.2) is 59.2 Å². The molecule has 28 heavy (non-hydrogen) atoms. The predicted molar refractivity (Wildman–Crippen MR) is 104 cm³/mol. The lowest BCUT2D eigenvalue weighted by Gasteiger charge is -2.36. The van der Waals surface area contributed by atoms with Crippen LogP contribution in [0.4, 0.5) is 0 Å². The van der Waals surface area contributed by atoms with E-state index >= 15 is 0 Å². The highest BCUT2D eigenvalue weighted by Gasteiger charge is 2.43. The fourth-order valence-corrected chi connectivity index (χ4v) is 4.09. The smallest absolute Gasteiger partial charge is 0.205 e. The number of carbonyl (C=O) groups is 1. The molecule has 0 amide bonds. The Balaban J connectivity index is 1.87. The Morgan fingerprint density at radius 3 is 2.68 bits per heavy atom. The molecule has 2 heterocycles. The number of nitrogens with two attached hydrogens (primary N) is 1. The third kappa shape index (κ3) is 2.89. The number of nitriles is 1. The van der Waals surface area contributed by atoms with Crippen molar-refractivity contribution < 1.29 is 9.53 Å².